The molecule has 0 saturated carbocycles. The van der Waals surface area contributed by atoms with Gasteiger partial charge >= 0.3 is 0 Å². The van der Waals surface area contributed by atoms with Crippen molar-refractivity contribution in [2.24, 2.45) is 0 Å². The van der Waals surface area contributed by atoms with Gasteiger partial charge in [0.15, 0.2) is 0 Å². The van der Waals surface area contributed by atoms with Crippen molar-refractivity contribution < 1.29 is 9.21 Å². The summed E-state index contributed by atoms with van der Waals surface area (Å²) < 4.78 is 4.98. The minimum absolute atomic E-state index is 0.0164. The lowest BCUT2D eigenvalue weighted by molar-refractivity contribution is 0.0940. The molecule has 0 fully saturated rings. The molecule has 4 heteroatoms. The maximum absolute atomic E-state index is 11.7. The third-order valence-corrected chi connectivity index (χ3v) is 2.97. The van der Waals surface area contributed by atoms with Crippen LogP contribution in [0.2, 0.25) is 0 Å². The number of carbonyl (C=O) groups is 1. The second-order valence-electron chi connectivity index (χ2n) is 3.72. The normalized spacial score (nSPS) is 12.3. The molecule has 2 rings (SSSR count). The van der Waals surface area contributed by atoms with E-state index in [1.807, 2.05) is 29.8 Å². The highest BCUT2D eigenvalue weighted by Crippen LogP contribution is 2.07. The Morgan fingerprint density at radius 3 is 3.06 bits per heavy atom. The summed E-state index contributed by atoms with van der Waals surface area (Å²) in [5, 5.41) is 6.69. The van der Waals surface area contributed by atoms with E-state index in [2.05, 4.69) is 5.32 Å². The second kappa shape index (κ2) is 4.99. The number of hydrogen-bond donors (Lipinski definition) is 1. The third kappa shape index (κ3) is 2.73. The van der Waals surface area contributed by atoms with E-state index in [1.54, 1.807) is 12.5 Å². The maximum Gasteiger partial charge on any atom is 0.252 e. The monoisotopic (exact) mass is 235 g/mol. The van der Waals surface area contributed by atoms with Gasteiger partial charge in [0.05, 0.1) is 12.5 Å². The predicted octanol–water partition coefficient (Wildman–Crippen LogP) is 2.70. The molecule has 0 spiro atoms. The van der Waals surface area contributed by atoms with Crippen molar-refractivity contribution in [3.05, 3.63) is 46.5 Å². The molecule has 1 N–H and O–H groups in total. The SMILES string of the molecule is C[C@@H](Cc1ccoc1)NC(=O)c1ccsc1. The van der Waals surface area contributed by atoms with Gasteiger partial charge in [0.1, 0.15) is 0 Å². The fraction of sp³-hybridized carbons (Fsp3) is 0.250. The summed E-state index contributed by atoms with van der Waals surface area (Å²) in [6, 6.07) is 3.84. The Hall–Kier alpha value is -1.55. The molecule has 0 saturated heterocycles. The summed E-state index contributed by atoms with van der Waals surface area (Å²) in [5.41, 5.74) is 1.82. The number of furan rings is 1. The minimum Gasteiger partial charge on any atom is -0.472 e. The zero-order chi connectivity index (χ0) is 11.4. The number of amides is 1. The Labute approximate surface area is 98.1 Å². The van der Waals surface area contributed by atoms with Crippen molar-refractivity contribution in [1.29, 1.82) is 0 Å². The molecule has 0 aliphatic heterocycles. The fourth-order valence-electron chi connectivity index (χ4n) is 1.51. The molecular weight excluding hydrogens is 222 g/mol. The highest BCUT2D eigenvalue weighted by Gasteiger charge is 2.10. The lowest BCUT2D eigenvalue weighted by atomic mass is 10.1. The van der Waals surface area contributed by atoms with Crippen molar-refractivity contribution >= 4 is 17.2 Å². The van der Waals surface area contributed by atoms with E-state index in [4.69, 9.17) is 4.42 Å². The zero-order valence-corrected chi connectivity index (χ0v) is 9.79. The topological polar surface area (TPSA) is 42.2 Å². The molecule has 84 valence electrons. The lowest BCUT2D eigenvalue weighted by Crippen LogP contribution is -2.33. The lowest BCUT2D eigenvalue weighted by Gasteiger charge is -2.11. The number of rotatable bonds is 4. The zero-order valence-electron chi connectivity index (χ0n) is 8.97. The first-order valence-electron chi connectivity index (χ1n) is 5.10. The van der Waals surface area contributed by atoms with Crippen LogP contribution >= 0.6 is 11.3 Å². The van der Waals surface area contributed by atoms with E-state index in [1.165, 1.54) is 11.3 Å². The molecule has 0 unspecified atom stereocenters. The summed E-state index contributed by atoms with van der Waals surface area (Å²) >= 11 is 1.52. The highest BCUT2D eigenvalue weighted by atomic mass is 32.1. The summed E-state index contributed by atoms with van der Waals surface area (Å²) in [6.45, 7) is 1.98. The molecule has 1 atom stereocenters. The number of carbonyl (C=O) groups excluding carboxylic acids is 1. The van der Waals surface area contributed by atoms with E-state index >= 15 is 0 Å². The molecule has 0 aliphatic carbocycles. The second-order valence-corrected chi connectivity index (χ2v) is 4.50. The minimum atomic E-state index is -0.0164. The van der Waals surface area contributed by atoms with Crippen LogP contribution in [0.25, 0.3) is 0 Å². The van der Waals surface area contributed by atoms with Crippen molar-refractivity contribution in [2.75, 3.05) is 0 Å². The van der Waals surface area contributed by atoms with Crippen molar-refractivity contribution in [2.45, 2.75) is 19.4 Å². The van der Waals surface area contributed by atoms with Gasteiger partial charge in [0.2, 0.25) is 0 Å². The summed E-state index contributed by atoms with van der Waals surface area (Å²) in [4.78, 5) is 11.7. The quantitative estimate of drug-likeness (QED) is 0.885. The van der Waals surface area contributed by atoms with Gasteiger partial charge in [-0.05, 0) is 36.4 Å². The molecular formula is C12H13NO2S. The predicted molar refractivity (Wildman–Crippen MR) is 63.7 cm³/mol. The first kappa shape index (κ1) is 11.0. The van der Waals surface area contributed by atoms with E-state index < -0.39 is 0 Å². The molecule has 2 aromatic rings. The van der Waals surface area contributed by atoms with Crippen LogP contribution in [-0.2, 0) is 6.42 Å². The van der Waals surface area contributed by atoms with Gasteiger partial charge in [-0.15, -0.1) is 0 Å². The average molecular weight is 235 g/mol. The third-order valence-electron chi connectivity index (χ3n) is 2.28. The van der Waals surface area contributed by atoms with Crippen LogP contribution in [0.1, 0.15) is 22.8 Å². The van der Waals surface area contributed by atoms with Crippen LogP contribution in [0.3, 0.4) is 0 Å². The number of nitrogens with one attached hydrogen (secondary N) is 1. The van der Waals surface area contributed by atoms with E-state index in [9.17, 15) is 4.79 Å². The van der Waals surface area contributed by atoms with Gasteiger partial charge in [-0.1, -0.05) is 0 Å². The smallest absolute Gasteiger partial charge is 0.252 e. The van der Waals surface area contributed by atoms with Gasteiger partial charge in [-0.2, -0.15) is 11.3 Å². The first-order chi connectivity index (χ1) is 7.75. The molecule has 1 amide bonds. The highest BCUT2D eigenvalue weighted by molar-refractivity contribution is 7.08. The van der Waals surface area contributed by atoms with E-state index in [0.29, 0.717) is 0 Å². The van der Waals surface area contributed by atoms with Gasteiger partial charge < -0.3 is 9.73 Å². The molecule has 3 nitrogen and oxygen atoms in total. The molecule has 16 heavy (non-hydrogen) atoms. The van der Waals surface area contributed by atoms with Crippen LogP contribution < -0.4 is 5.32 Å². The summed E-state index contributed by atoms with van der Waals surface area (Å²) in [5.74, 6) is -0.0164. The first-order valence-corrected chi connectivity index (χ1v) is 6.04. The van der Waals surface area contributed by atoms with Crippen molar-refractivity contribution in [3.63, 3.8) is 0 Å². The van der Waals surface area contributed by atoms with Gasteiger partial charge in [-0.3, -0.25) is 4.79 Å². The number of thiophene rings is 1. The van der Waals surface area contributed by atoms with Crippen LogP contribution in [0.15, 0.2) is 39.8 Å². The van der Waals surface area contributed by atoms with Crippen molar-refractivity contribution in [3.8, 4) is 0 Å². The average Bonchev–Trinajstić information content (AvgIpc) is 2.88. The van der Waals surface area contributed by atoms with Crippen LogP contribution in [0.5, 0.6) is 0 Å². The Morgan fingerprint density at radius 1 is 1.56 bits per heavy atom. The molecule has 2 heterocycles. The van der Waals surface area contributed by atoms with Crippen LogP contribution in [0, 0.1) is 0 Å². The maximum atomic E-state index is 11.7. The standard InChI is InChI=1S/C12H13NO2S/c1-9(6-10-2-4-15-7-10)13-12(14)11-3-5-16-8-11/h2-5,7-9H,6H2,1H3,(H,13,14)/t9-/m0/s1. The van der Waals surface area contributed by atoms with Crippen molar-refractivity contribution in [1.82, 2.24) is 5.32 Å². The molecule has 0 aromatic carbocycles. The van der Waals surface area contributed by atoms with E-state index in [-0.39, 0.29) is 11.9 Å². The summed E-state index contributed by atoms with van der Waals surface area (Å²) in [7, 11) is 0. The Morgan fingerprint density at radius 2 is 2.44 bits per heavy atom. The number of hydrogen-bond acceptors (Lipinski definition) is 3. The van der Waals surface area contributed by atoms with Gasteiger partial charge in [0.25, 0.3) is 5.91 Å². The van der Waals surface area contributed by atoms with Gasteiger partial charge in [-0.25, -0.2) is 0 Å². The Kier molecular flexibility index (Phi) is 3.41. The Balaban J connectivity index is 1.88. The molecule has 2 aromatic heterocycles. The summed E-state index contributed by atoms with van der Waals surface area (Å²) in [6.07, 6.45) is 4.13. The Bertz CT molecular complexity index is 434. The molecule has 0 aliphatic rings. The largest absolute Gasteiger partial charge is 0.472 e. The van der Waals surface area contributed by atoms with Crippen LogP contribution in [-0.4, -0.2) is 11.9 Å². The molecule has 0 bridgehead atoms. The van der Waals surface area contributed by atoms with Crippen LogP contribution in [0.4, 0.5) is 0 Å². The van der Waals surface area contributed by atoms with Gasteiger partial charge in [0, 0.05) is 17.0 Å². The molecule has 0 radical (unpaired) electrons. The van der Waals surface area contributed by atoms with E-state index in [0.717, 1.165) is 17.5 Å². The fourth-order valence-corrected chi connectivity index (χ4v) is 2.15.